The fraction of sp³-hybridized carbons (Fsp3) is 0. The van der Waals surface area contributed by atoms with Crippen molar-refractivity contribution in [3.8, 4) is 0 Å². The first-order valence-corrected chi connectivity index (χ1v) is 1.73. The molecule has 0 saturated heterocycles. The van der Waals surface area contributed by atoms with Gasteiger partial charge in [0, 0.05) is 0 Å². The average molecular weight is 97.1 g/mol. The molecule has 0 aromatic carbocycles. The van der Waals surface area contributed by atoms with E-state index in [2.05, 4.69) is 20.2 Å². The van der Waals surface area contributed by atoms with E-state index < -0.39 is 0 Å². The monoisotopic (exact) mass is 97.0 g/mol. The Bertz CT molecular complexity index is 112. The van der Waals surface area contributed by atoms with Crippen LogP contribution in [0, 0.1) is 0 Å². The van der Waals surface area contributed by atoms with E-state index in [4.69, 9.17) is 0 Å². The Balaban J connectivity index is 2.60. The number of rotatable bonds is 0. The van der Waals surface area contributed by atoms with Gasteiger partial charge in [0.1, 0.15) is 0 Å². The first-order chi connectivity index (χ1) is 3.50. The summed E-state index contributed by atoms with van der Waals surface area (Å²) in [6.45, 7) is 0. The lowest BCUT2D eigenvalue weighted by Crippen LogP contribution is -1.72. The van der Waals surface area contributed by atoms with Gasteiger partial charge in [-0.3, -0.25) is 0 Å². The van der Waals surface area contributed by atoms with Crippen LogP contribution in [0.3, 0.4) is 0 Å². The van der Waals surface area contributed by atoms with Gasteiger partial charge in [0.25, 0.3) is 0 Å². The van der Waals surface area contributed by atoms with Crippen molar-refractivity contribution >= 4 is 18.8 Å². The third-order valence-electron chi connectivity index (χ3n) is 0.416. The minimum Gasteiger partial charge on any atom is -0.343 e. The molecule has 0 fully saturated rings. The van der Waals surface area contributed by atoms with Gasteiger partial charge in [0.05, 0.1) is 12.4 Å². The molecule has 0 N–H and O–H groups in total. The number of oxime groups is 1. The summed E-state index contributed by atoms with van der Waals surface area (Å²) < 4.78 is 0. The minimum atomic E-state index is 1.15. The summed E-state index contributed by atoms with van der Waals surface area (Å²) in [5.74, 6) is 0. The van der Waals surface area contributed by atoms with Gasteiger partial charge in [-0.1, -0.05) is 5.16 Å². The number of hydrogen-bond donors (Lipinski definition) is 0. The molecule has 4 nitrogen and oxygen atoms in total. The van der Waals surface area contributed by atoms with Gasteiger partial charge in [-0.05, 0) is 0 Å². The van der Waals surface area contributed by atoms with Crippen LogP contribution in [0.5, 0.6) is 0 Å². The second-order valence-electron chi connectivity index (χ2n) is 0.845. The molecule has 0 spiro atoms. The SMILES string of the molecule is C1=NN=CON=C1. The van der Waals surface area contributed by atoms with Gasteiger partial charge in [0.2, 0.25) is 6.40 Å². The summed E-state index contributed by atoms with van der Waals surface area (Å²) in [6, 6.07) is 0. The molecule has 0 radical (unpaired) electrons. The zero-order valence-electron chi connectivity index (χ0n) is 3.48. The van der Waals surface area contributed by atoms with Crippen molar-refractivity contribution in [2.24, 2.45) is 15.4 Å². The Hall–Kier alpha value is -1.19. The van der Waals surface area contributed by atoms with Crippen LogP contribution in [-0.2, 0) is 4.84 Å². The molecular weight excluding hydrogens is 94.1 g/mol. The molecule has 0 aliphatic carbocycles. The van der Waals surface area contributed by atoms with Crippen molar-refractivity contribution in [2.75, 3.05) is 0 Å². The molecular formula is C3H3N3O. The molecule has 0 saturated carbocycles. The highest BCUT2D eigenvalue weighted by Crippen LogP contribution is 1.74. The lowest BCUT2D eigenvalue weighted by molar-refractivity contribution is 0.348. The van der Waals surface area contributed by atoms with Crippen molar-refractivity contribution in [1.29, 1.82) is 0 Å². The molecule has 0 bridgehead atoms. The van der Waals surface area contributed by atoms with E-state index in [9.17, 15) is 0 Å². The van der Waals surface area contributed by atoms with Gasteiger partial charge in [-0.15, -0.1) is 5.10 Å². The van der Waals surface area contributed by atoms with Gasteiger partial charge >= 0.3 is 0 Å². The number of nitrogens with zero attached hydrogens (tertiary/aromatic N) is 3. The Morgan fingerprint density at radius 1 is 1.14 bits per heavy atom. The topological polar surface area (TPSA) is 46.3 Å². The Morgan fingerprint density at radius 2 is 2.14 bits per heavy atom. The average Bonchev–Trinajstić information content (AvgIpc) is 1.90. The molecule has 0 amide bonds. The zero-order valence-corrected chi connectivity index (χ0v) is 3.48. The van der Waals surface area contributed by atoms with Crippen LogP contribution in [0.4, 0.5) is 0 Å². The summed E-state index contributed by atoms with van der Waals surface area (Å²) in [4.78, 5) is 4.35. The fourth-order valence-corrected chi connectivity index (χ4v) is 0.206. The maximum absolute atomic E-state index is 4.35. The molecule has 0 aromatic heterocycles. The van der Waals surface area contributed by atoms with Crippen LogP contribution in [0.15, 0.2) is 15.4 Å². The van der Waals surface area contributed by atoms with E-state index in [1.54, 1.807) is 0 Å². The lowest BCUT2D eigenvalue weighted by atomic mass is 10.8. The van der Waals surface area contributed by atoms with Crippen LogP contribution < -0.4 is 0 Å². The highest BCUT2D eigenvalue weighted by Gasteiger charge is 1.72. The molecule has 0 unspecified atom stereocenters. The molecule has 7 heavy (non-hydrogen) atoms. The Kier molecular flexibility index (Phi) is 1.18. The summed E-state index contributed by atoms with van der Waals surface area (Å²) >= 11 is 0. The Labute approximate surface area is 40.2 Å². The van der Waals surface area contributed by atoms with Gasteiger partial charge in [-0.2, -0.15) is 5.10 Å². The summed E-state index contributed by atoms with van der Waals surface area (Å²) in [5, 5.41) is 10.2. The second-order valence-corrected chi connectivity index (χ2v) is 0.845. The molecule has 1 rings (SSSR count). The van der Waals surface area contributed by atoms with E-state index in [1.165, 1.54) is 12.4 Å². The third kappa shape index (κ3) is 1.13. The quantitative estimate of drug-likeness (QED) is 0.420. The normalized spacial score (nSPS) is 16.0. The van der Waals surface area contributed by atoms with Crippen LogP contribution in [0.1, 0.15) is 0 Å². The first kappa shape index (κ1) is 3.98. The third-order valence-corrected chi connectivity index (χ3v) is 0.416. The summed E-state index contributed by atoms with van der Waals surface area (Å²) in [7, 11) is 0. The van der Waals surface area contributed by atoms with Crippen LogP contribution in [-0.4, -0.2) is 18.8 Å². The summed E-state index contributed by atoms with van der Waals surface area (Å²) in [6.07, 6.45) is 4.00. The molecule has 1 aliphatic heterocycles. The molecule has 4 heteroatoms. The van der Waals surface area contributed by atoms with Gasteiger partial charge in [-0.25, -0.2) is 0 Å². The van der Waals surface area contributed by atoms with E-state index >= 15 is 0 Å². The van der Waals surface area contributed by atoms with Crippen molar-refractivity contribution in [2.45, 2.75) is 0 Å². The minimum absolute atomic E-state index is 1.15. The first-order valence-electron chi connectivity index (χ1n) is 1.73. The maximum Gasteiger partial charge on any atom is 0.231 e. The molecule has 0 atom stereocenters. The maximum atomic E-state index is 4.35. The Morgan fingerprint density at radius 3 is 3.14 bits per heavy atom. The van der Waals surface area contributed by atoms with Crippen LogP contribution >= 0.6 is 0 Å². The molecule has 1 aliphatic rings. The molecule has 36 valence electrons. The highest BCUT2D eigenvalue weighted by molar-refractivity contribution is 6.15. The van der Waals surface area contributed by atoms with Crippen molar-refractivity contribution in [3.63, 3.8) is 0 Å². The number of hydrogen-bond acceptors (Lipinski definition) is 4. The predicted molar refractivity (Wildman–Crippen MR) is 26.6 cm³/mol. The van der Waals surface area contributed by atoms with E-state index in [0.29, 0.717) is 0 Å². The predicted octanol–water partition coefficient (Wildman–Crippen LogP) is 0.0165. The van der Waals surface area contributed by atoms with Gasteiger partial charge < -0.3 is 4.84 Å². The molecule has 1 heterocycles. The largest absolute Gasteiger partial charge is 0.343 e. The fourth-order valence-electron chi connectivity index (χ4n) is 0.206. The van der Waals surface area contributed by atoms with Crippen LogP contribution in [0.25, 0.3) is 0 Å². The van der Waals surface area contributed by atoms with Crippen molar-refractivity contribution in [3.05, 3.63) is 0 Å². The van der Waals surface area contributed by atoms with Crippen molar-refractivity contribution in [1.82, 2.24) is 0 Å². The molecule has 0 aromatic rings. The van der Waals surface area contributed by atoms with Crippen LogP contribution in [0.2, 0.25) is 0 Å². The second kappa shape index (κ2) is 2.07. The lowest BCUT2D eigenvalue weighted by Gasteiger charge is -1.75. The summed E-state index contributed by atoms with van der Waals surface area (Å²) in [5.41, 5.74) is 0. The van der Waals surface area contributed by atoms with Gasteiger partial charge in [0.15, 0.2) is 0 Å². The van der Waals surface area contributed by atoms with E-state index in [-0.39, 0.29) is 0 Å². The smallest absolute Gasteiger partial charge is 0.231 e. The van der Waals surface area contributed by atoms with Crippen molar-refractivity contribution < 1.29 is 4.84 Å². The van der Waals surface area contributed by atoms with E-state index in [1.807, 2.05) is 0 Å². The standard InChI is InChI=1S/C3H3N3O/c1-2-6-7-3-5-4-1/h1-3H. The highest BCUT2D eigenvalue weighted by atomic mass is 16.6. The van der Waals surface area contributed by atoms with E-state index in [0.717, 1.165) is 6.40 Å². The zero-order chi connectivity index (χ0) is 4.95.